The van der Waals surface area contributed by atoms with E-state index in [1.54, 1.807) is 0 Å². The minimum Gasteiger partial charge on any atom is -0.325 e. The fraction of sp³-hybridized carbons (Fsp3) is 0.688. The molecule has 1 aliphatic rings. The Morgan fingerprint density at radius 1 is 1.33 bits per heavy atom. The first-order chi connectivity index (χ1) is 8.61. The zero-order valence-electron chi connectivity index (χ0n) is 11.8. The van der Waals surface area contributed by atoms with E-state index < -0.39 is 0 Å². The fourth-order valence-electron chi connectivity index (χ4n) is 2.91. The maximum Gasteiger partial charge on any atom is 0.0422 e. The summed E-state index contributed by atoms with van der Waals surface area (Å²) in [5, 5.41) is 0. The normalized spacial score (nSPS) is 28.9. The third kappa shape index (κ3) is 3.55. The summed E-state index contributed by atoms with van der Waals surface area (Å²) in [6, 6.07) is 4.34. The molecule has 1 heterocycles. The van der Waals surface area contributed by atoms with Crippen LogP contribution in [-0.4, -0.2) is 10.5 Å². The smallest absolute Gasteiger partial charge is 0.0422 e. The highest BCUT2D eigenvalue weighted by molar-refractivity contribution is 5.16. The van der Waals surface area contributed by atoms with Gasteiger partial charge in [-0.1, -0.05) is 32.8 Å². The number of nitrogens with two attached hydrogens (primary N) is 1. The van der Waals surface area contributed by atoms with Crippen LogP contribution in [0.4, 0.5) is 0 Å². The molecule has 0 aliphatic heterocycles. The lowest BCUT2D eigenvalue weighted by molar-refractivity contribution is 0.360. The molecule has 0 amide bonds. The Bertz CT molecular complexity index is 371. The van der Waals surface area contributed by atoms with Crippen molar-refractivity contribution in [3.63, 3.8) is 0 Å². The van der Waals surface area contributed by atoms with Gasteiger partial charge < -0.3 is 5.73 Å². The molecule has 0 saturated heterocycles. The molecule has 100 valence electrons. The van der Waals surface area contributed by atoms with E-state index in [-0.39, 0.29) is 5.54 Å². The molecule has 1 aromatic heterocycles. The molecule has 2 nitrogen and oxygen atoms in total. The Kier molecular flexibility index (Phi) is 4.39. The Balaban J connectivity index is 2.01. The molecule has 2 heteroatoms. The molecule has 2 atom stereocenters. The van der Waals surface area contributed by atoms with Crippen molar-refractivity contribution >= 4 is 0 Å². The van der Waals surface area contributed by atoms with Gasteiger partial charge in [0, 0.05) is 23.9 Å². The molecule has 0 radical (unpaired) electrons. The number of aromatic nitrogens is 1. The first kappa shape index (κ1) is 13.5. The average molecular weight is 246 g/mol. The Hall–Kier alpha value is -0.890. The second-order valence-electron chi connectivity index (χ2n) is 6.09. The van der Waals surface area contributed by atoms with Crippen molar-refractivity contribution in [1.29, 1.82) is 0 Å². The van der Waals surface area contributed by atoms with Crippen LogP contribution in [0.1, 0.15) is 57.2 Å². The highest BCUT2D eigenvalue weighted by atomic mass is 14.8. The van der Waals surface area contributed by atoms with Crippen LogP contribution in [0.2, 0.25) is 0 Å². The lowest BCUT2D eigenvalue weighted by atomic mass is 9.86. The van der Waals surface area contributed by atoms with Gasteiger partial charge >= 0.3 is 0 Å². The molecule has 0 aromatic carbocycles. The van der Waals surface area contributed by atoms with Crippen LogP contribution >= 0.6 is 0 Å². The second-order valence-corrected chi connectivity index (χ2v) is 6.09. The van der Waals surface area contributed by atoms with Gasteiger partial charge in [-0.25, -0.2) is 0 Å². The summed E-state index contributed by atoms with van der Waals surface area (Å²) < 4.78 is 0. The van der Waals surface area contributed by atoms with E-state index in [9.17, 15) is 0 Å². The molecule has 1 aromatic rings. The predicted octanol–water partition coefficient (Wildman–Crippen LogP) is 3.48. The summed E-state index contributed by atoms with van der Waals surface area (Å²) >= 11 is 0. The van der Waals surface area contributed by atoms with E-state index in [2.05, 4.69) is 31.0 Å². The second kappa shape index (κ2) is 5.83. The summed E-state index contributed by atoms with van der Waals surface area (Å²) in [4.78, 5) is 4.56. The van der Waals surface area contributed by atoms with Gasteiger partial charge in [0.1, 0.15) is 0 Å². The van der Waals surface area contributed by atoms with Crippen LogP contribution in [0, 0.1) is 5.92 Å². The van der Waals surface area contributed by atoms with Gasteiger partial charge in [-0.3, -0.25) is 4.98 Å². The quantitative estimate of drug-likeness (QED) is 0.829. The zero-order valence-corrected chi connectivity index (χ0v) is 11.8. The van der Waals surface area contributed by atoms with E-state index >= 15 is 0 Å². The molecule has 2 N–H and O–H groups in total. The molecule has 0 bridgehead atoms. The average Bonchev–Trinajstić information content (AvgIpc) is 2.53. The van der Waals surface area contributed by atoms with Gasteiger partial charge in [-0.2, -0.15) is 0 Å². The van der Waals surface area contributed by atoms with Gasteiger partial charge in [-0.15, -0.1) is 0 Å². The van der Waals surface area contributed by atoms with Gasteiger partial charge in [0.05, 0.1) is 0 Å². The van der Waals surface area contributed by atoms with E-state index in [1.165, 1.54) is 24.8 Å². The number of nitrogens with zero attached hydrogens (tertiary/aromatic N) is 1. The summed E-state index contributed by atoms with van der Waals surface area (Å²) in [7, 11) is 0. The minimum absolute atomic E-state index is 0.0223. The van der Waals surface area contributed by atoms with Gasteiger partial charge in [-0.05, 0) is 43.2 Å². The summed E-state index contributed by atoms with van der Waals surface area (Å²) in [6.45, 7) is 4.51. The molecule has 1 fully saturated rings. The van der Waals surface area contributed by atoms with E-state index in [0.29, 0.717) is 0 Å². The number of hydrogen-bond acceptors (Lipinski definition) is 2. The molecule has 0 spiro atoms. The predicted molar refractivity (Wildman–Crippen MR) is 76.5 cm³/mol. The van der Waals surface area contributed by atoms with Crippen molar-refractivity contribution in [2.45, 2.75) is 64.3 Å². The van der Waals surface area contributed by atoms with Gasteiger partial charge in [0.15, 0.2) is 0 Å². The van der Waals surface area contributed by atoms with Crippen molar-refractivity contribution in [3.8, 4) is 0 Å². The molecule has 2 rings (SSSR count). The molecular weight excluding hydrogens is 220 g/mol. The Morgan fingerprint density at radius 3 is 2.83 bits per heavy atom. The van der Waals surface area contributed by atoms with E-state index in [0.717, 1.165) is 37.3 Å². The third-order valence-corrected chi connectivity index (χ3v) is 4.33. The SMILES string of the molecule is CCc1ccc(CC2(N)CCCC(C)CC2)nc1. The molecule has 1 aliphatic carbocycles. The standard InChI is InChI=1S/C16H26N2/c1-3-14-6-7-15(18-12-14)11-16(17)9-4-5-13(2)8-10-16/h6-7,12-13H,3-5,8-11,17H2,1-2H3. The molecule has 18 heavy (non-hydrogen) atoms. The van der Waals surface area contributed by atoms with Crippen molar-refractivity contribution in [2.75, 3.05) is 0 Å². The van der Waals surface area contributed by atoms with Crippen LogP contribution in [0.15, 0.2) is 18.3 Å². The first-order valence-corrected chi connectivity index (χ1v) is 7.34. The highest BCUT2D eigenvalue weighted by Gasteiger charge is 2.28. The monoisotopic (exact) mass is 246 g/mol. The number of hydrogen-bond donors (Lipinski definition) is 1. The maximum atomic E-state index is 6.58. The van der Waals surface area contributed by atoms with Crippen LogP contribution < -0.4 is 5.73 Å². The van der Waals surface area contributed by atoms with Crippen LogP contribution in [0.25, 0.3) is 0 Å². The first-order valence-electron chi connectivity index (χ1n) is 7.34. The lowest BCUT2D eigenvalue weighted by Gasteiger charge is -2.27. The van der Waals surface area contributed by atoms with E-state index in [4.69, 9.17) is 5.73 Å². The van der Waals surface area contributed by atoms with Gasteiger partial charge in [0.2, 0.25) is 0 Å². The van der Waals surface area contributed by atoms with Gasteiger partial charge in [0.25, 0.3) is 0 Å². The van der Waals surface area contributed by atoms with Crippen molar-refractivity contribution < 1.29 is 0 Å². The fourth-order valence-corrected chi connectivity index (χ4v) is 2.91. The van der Waals surface area contributed by atoms with Crippen LogP contribution in [0.3, 0.4) is 0 Å². The number of aryl methyl sites for hydroxylation is 1. The summed E-state index contributed by atoms with van der Waals surface area (Å²) in [5.74, 6) is 0.839. The van der Waals surface area contributed by atoms with Crippen molar-refractivity contribution in [2.24, 2.45) is 11.7 Å². The largest absolute Gasteiger partial charge is 0.325 e. The third-order valence-electron chi connectivity index (χ3n) is 4.33. The maximum absolute atomic E-state index is 6.58. The van der Waals surface area contributed by atoms with Crippen molar-refractivity contribution in [3.05, 3.63) is 29.6 Å². The van der Waals surface area contributed by atoms with Crippen molar-refractivity contribution in [1.82, 2.24) is 4.98 Å². The molecular formula is C16H26N2. The summed E-state index contributed by atoms with van der Waals surface area (Å²) in [5.41, 5.74) is 9.02. The topological polar surface area (TPSA) is 38.9 Å². The number of rotatable bonds is 3. The lowest BCUT2D eigenvalue weighted by Crippen LogP contribution is -2.41. The molecule has 2 unspecified atom stereocenters. The van der Waals surface area contributed by atoms with Crippen LogP contribution in [-0.2, 0) is 12.8 Å². The Morgan fingerprint density at radius 2 is 2.17 bits per heavy atom. The highest BCUT2D eigenvalue weighted by Crippen LogP contribution is 2.30. The number of pyridine rings is 1. The summed E-state index contributed by atoms with van der Waals surface area (Å²) in [6.07, 6.45) is 10.1. The molecule has 1 saturated carbocycles. The Labute approximate surface area is 111 Å². The van der Waals surface area contributed by atoms with E-state index in [1.807, 2.05) is 6.20 Å². The van der Waals surface area contributed by atoms with Crippen LogP contribution in [0.5, 0.6) is 0 Å². The zero-order chi connectivity index (χ0) is 13.0. The minimum atomic E-state index is -0.0223.